The van der Waals surface area contributed by atoms with Crippen molar-refractivity contribution in [2.75, 3.05) is 24.5 Å². The third kappa shape index (κ3) is 3.72. The number of non-ortho nitro benzene ring substituents is 1. The van der Waals surface area contributed by atoms with Gasteiger partial charge in [-0.05, 0) is 12.0 Å². The normalized spacial score (nSPS) is 13.6. The average molecular weight is 307 g/mol. The van der Waals surface area contributed by atoms with Crippen molar-refractivity contribution in [2.24, 2.45) is 5.92 Å². The molecule has 1 N–H and O–H groups in total. The van der Waals surface area contributed by atoms with Crippen LogP contribution in [0.5, 0.6) is 5.75 Å². The molecule has 1 aromatic rings. The van der Waals surface area contributed by atoms with Gasteiger partial charge in [0.05, 0.1) is 23.2 Å². The second kappa shape index (κ2) is 6.42. The minimum Gasteiger partial charge on any atom is -0.423 e. The highest BCUT2D eigenvalue weighted by atomic mass is 16.6. The quantitative estimate of drug-likeness (QED) is 0.378. The molecule has 1 amide bonds. The molecule has 0 atom stereocenters. The maximum absolute atomic E-state index is 11.9. The second-order valence-electron chi connectivity index (χ2n) is 5.44. The molecule has 0 aromatic heterocycles. The van der Waals surface area contributed by atoms with Crippen molar-refractivity contribution >= 4 is 23.3 Å². The Morgan fingerprint density at radius 2 is 2.23 bits per heavy atom. The Kier molecular flexibility index (Phi) is 4.59. The van der Waals surface area contributed by atoms with Gasteiger partial charge >= 0.3 is 5.97 Å². The van der Waals surface area contributed by atoms with Gasteiger partial charge in [-0.1, -0.05) is 13.8 Å². The number of carbonyl (C=O) groups excluding carboxylic acids is 2. The second-order valence-corrected chi connectivity index (χ2v) is 5.44. The highest BCUT2D eigenvalue weighted by Crippen LogP contribution is 2.34. The minimum absolute atomic E-state index is 0.00731. The Balaban J connectivity index is 2.16. The van der Waals surface area contributed by atoms with Gasteiger partial charge in [-0.2, -0.15) is 0 Å². The molecule has 2 rings (SSSR count). The van der Waals surface area contributed by atoms with E-state index in [1.165, 1.54) is 18.2 Å². The lowest BCUT2D eigenvalue weighted by Gasteiger charge is -2.29. The molecule has 1 heterocycles. The fourth-order valence-electron chi connectivity index (χ4n) is 2.04. The van der Waals surface area contributed by atoms with Gasteiger partial charge in [-0.25, -0.2) is 4.79 Å². The molecule has 22 heavy (non-hydrogen) atoms. The van der Waals surface area contributed by atoms with E-state index in [9.17, 15) is 19.7 Å². The van der Waals surface area contributed by atoms with E-state index in [0.29, 0.717) is 18.2 Å². The number of benzene rings is 1. The van der Waals surface area contributed by atoms with Gasteiger partial charge in [0.1, 0.15) is 6.54 Å². The van der Waals surface area contributed by atoms with Crippen LogP contribution in [0.15, 0.2) is 18.2 Å². The van der Waals surface area contributed by atoms with E-state index in [-0.39, 0.29) is 30.4 Å². The van der Waals surface area contributed by atoms with E-state index in [0.717, 1.165) is 0 Å². The van der Waals surface area contributed by atoms with E-state index < -0.39 is 10.9 Å². The molecule has 1 aromatic carbocycles. The van der Waals surface area contributed by atoms with Crippen molar-refractivity contribution in [2.45, 2.75) is 13.8 Å². The van der Waals surface area contributed by atoms with Gasteiger partial charge in [-0.3, -0.25) is 14.9 Å². The number of amides is 1. The van der Waals surface area contributed by atoms with Gasteiger partial charge in [0, 0.05) is 12.6 Å². The van der Waals surface area contributed by atoms with Gasteiger partial charge in [0.15, 0.2) is 5.75 Å². The molecule has 0 bridgehead atoms. The number of rotatable bonds is 5. The van der Waals surface area contributed by atoms with Crippen LogP contribution in [-0.4, -0.2) is 36.4 Å². The molecule has 0 radical (unpaired) electrons. The van der Waals surface area contributed by atoms with Crippen LogP contribution in [0.3, 0.4) is 0 Å². The number of nitrogens with zero attached hydrogens (tertiary/aromatic N) is 2. The molecule has 0 saturated heterocycles. The van der Waals surface area contributed by atoms with Crippen molar-refractivity contribution in [3.05, 3.63) is 28.3 Å². The largest absolute Gasteiger partial charge is 0.423 e. The number of anilines is 1. The van der Waals surface area contributed by atoms with Crippen LogP contribution in [0.25, 0.3) is 0 Å². The predicted molar refractivity (Wildman–Crippen MR) is 78.8 cm³/mol. The Labute approximate surface area is 127 Å². The summed E-state index contributed by atoms with van der Waals surface area (Å²) in [5.41, 5.74) is 0.322. The predicted octanol–water partition coefficient (Wildman–Crippen LogP) is 1.09. The summed E-state index contributed by atoms with van der Waals surface area (Å²) < 4.78 is 5.02. The first kappa shape index (κ1) is 15.7. The van der Waals surface area contributed by atoms with E-state index in [4.69, 9.17) is 4.74 Å². The maximum atomic E-state index is 11.9. The summed E-state index contributed by atoms with van der Waals surface area (Å²) in [4.78, 5) is 35.2. The molecule has 0 unspecified atom stereocenters. The molecule has 0 spiro atoms. The van der Waals surface area contributed by atoms with Crippen molar-refractivity contribution in [1.29, 1.82) is 0 Å². The minimum atomic E-state index is -0.567. The summed E-state index contributed by atoms with van der Waals surface area (Å²) in [6.07, 6.45) is 0. The molecule has 0 fully saturated rings. The molecule has 0 saturated carbocycles. The lowest BCUT2D eigenvalue weighted by atomic mass is 10.2. The van der Waals surface area contributed by atoms with E-state index >= 15 is 0 Å². The van der Waals surface area contributed by atoms with Gasteiger partial charge in [0.2, 0.25) is 5.91 Å². The first-order chi connectivity index (χ1) is 10.4. The highest BCUT2D eigenvalue weighted by molar-refractivity contribution is 5.89. The standard InChI is InChI=1S/C14H17N3O5/c1-9(2)6-15-13(18)7-16-8-14(19)22-12-5-10(17(20)21)3-4-11(12)16/h3-5,9H,6-8H2,1-2H3,(H,15,18). The Morgan fingerprint density at radius 1 is 1.50 bits per heavy atom. The van der Waals surface area contributed by atoms with Gasteiger partial charge < -0.3 is 15.0 Å². The van der Waals surface area contributed by atoms with E-state index in [2.05, 4.69) is 5.32 Å². The number of hydrogen-bond donors (Lipinski definition) is 1. The third-order valence-corrected chi connectivity index (χ3v) is 3.08. The van der Waals surface area contributed by atoms with Gasteiger partial charge in [0.25, 0.3) is 5.69 Å². The zero-order valence-electron chi connectivity index (χ0n) is 12.4. The molecule has 1 aliphatic heterocycles. The number of nitrogens with one attached hydrogen (secondary N) is 1. The third-order valence-electron chi connectivity index (χ3n) is 3.08. The number of ether oxygens (including phenoxy) is 1. The molecule has 1 aliphatic rings. The zero-order chi connectivity index (χ0) is 16.3. The average Bonchev–Trinajstić information content (AvgIpc) is 2.44. The molecule has 8 heteroatoms. The summed E-state index contributed by atoms with van der Waals surface area (Å²) in [6.45, 7) is 4.43. The maximum Gasteiger partial charge on any atom is 0.331 e. The van der Waals surface area contributed by atoms with Crippen molar-refractivity contribution in [1.82, 2.24) is 5.32 Å². The lowest BCUT2D eigenvalue weighted by Crippen LogP contribution is -2.44. The summed E-state index contributed by atoms with van der Waals surface area (Å²) >= 11 is 0. The summed E-state index contributed by atoms with van der Waals surface area (Å²) in [6, 6.07) is 3.98. The molecule has 118 valence electrons. The monoisotopic (exact) mass is 307 g/mol. The smallest absolute Gasteiger partial charge is 0.331 e. The number of fused-ring (bicyclic) bond motifs is 1. The number of nitro benzene ring substituents is 1. The van der Waals surface area contributed by atoms with Crippen LogP contribution in [0, 0.1) is 16.0 Å². The van der Waals surface area contributed by atoms with Gasteiger partial charge in [-0.15, -0.1) is 0 Å². The topological polar surface area (TPSA) is 102 Å². The van der Waals surface area contributed by atoms with Crippen molar-refractivity contribution in [3.8, 4) is 5.75 Å². The number of nitro groups is 1. The van der Waals surface area contributed by atoms with Crippen LogP contribution in [0.2, 0.25) is 0 Å². The number of carbonyl (C=O) groups is 2. The summed E-state index contributed by atoms with van der Waals surface area (Å²) in [5.74, 6) is -0.343. The first-order valence-corrected chi connectivity index (χ1v) is 6.87. The number of esters is 1. The van der Waals surface area contributed by atoms with Crippen molar-refractivity contribution in [3.63, 3.8) is 0 Å². The van der Waals surface area contributed by atoms with Crippen molar-refractivity contribution < 1.29 is 19.2 Å². The summed E-state index contributed by atoms with van der Waals surface area (Å²) in [7, 11) is 0. The van der Waals surface area contributed by atoms with Crippen LogP contribution >= 0.6 is 0 Å². The van der Waals surface area contributed by atoms with E-state index in [1.54, 1.807) is 4.90 Å². The molecule has 8 nitrogen and oxygen atoms in total. The SMILES string of the molecule is CC(C)CNC(=O)CN1CC(=O)Oc2cc([N+](=O)[O-])ccc21. The van der Waals surface area contributed by atoms with Crippen LogP contribution < -0.4 is 15.0 Å². The summed E-state index contributed by atoms with van der Waals surface area (Å²) in [5, 5.41) is 13.5. The fraction of sp³-hybridized carbons (Fsp3) is 0.429. The van der Waals surface area contributed by atoms with Crippen LogP contribution in [0.4, 0.5) is 11.4 Å². The zero-order valence-corrected chi connectivity index (χ0v) is 12.4. The molecule has 0 aliphatic carbocycles. The van der Waals surface area contributed by atoms with Crippen LogP contribution in [0.1, 0.15) is 13.8 Å². The highest BCUT2D eigenvalue weighted by Gasteiger charge is 2.27. The molecular formula is C14H17N3O5. The Morgan fingerprint density at radius 3 is 2.86 bits per heavy atom. The van der Waals surface area contributed by atoms with E-state index in [1.807, 2.05) is 13.8 Å². The fourth-order valence-corrected chi connectivity index (χ4v) is 2.04. The number of hydrogen-bond acceptors (Lipinski definition) is 6. The lowest BCUT2D eigenvalue weighted by molar-refractivity contribution is -0.384. The molecular weight excluding hydrogens is 290 g/mol. The Hall–Kier alpha value is -2.64. The van der Waals surface area contributed by atoms with Crippen LogP contribution in [-0.2, 0) is 9.59 Å². The first-order valence-electron chi connectivity index (χ1n) is 6.87. The Bertz CT molecular complexity index is 614.